The van der Waals surface area contributed by atoms with E-state index in [9.17, 15) is 8.78 Å². The van der Waals surface area contributed by atoms with Crippen molar-refractivity contribution in [3.8, 4) is 17.7 Å². The highest BCUT2D eigenvalue weighted by Gasteiger charge is 2.12. The third kappa shape index (κ3) is 3.63. The van der Waals surface area contributed by atoms with Crippen LogP contribution in [-0.4, -0.2) is 16.5 Å². The summed E-state index contributed by atoms with van der Waals surface area (Å²) in [6.45, 7) is 2.58. The molecule has 0 atom stereocenters. The molecule has 2 aromatic rings. The molecule has 1 aromatic heterocycles. The molecule has 0 aliphatic carbocycles. The number of nitriles is 1. The number of hydrogen-bond donors (Lipinski definition) is 1. The Balaban J connectivity index is 2.24. The number of hydrogen-bond acceptors (Lipinski definition) is 5. The quantitative estimate of drug-likeness (QED) is 0.915. The predicted molar refractivity (Wildman–Crippen MR) is 72.0 cm³/mol. The van der Waals surface area contributed by atoms with Crippen LogP contribution in [0.4, 0.5) is 14.7 Å². The van der Waals surface area contributed by atoms with Gasteiger partial charge in [-0.25, -0.2) is 9.37 Å². The first kappa shape index (κ1) is 14.7. The summed E-state index contributed by atoms with van der Waals surface area (Å²) in [5.41, 5.74) is 0.147. The molecule has 1 heterocycles. The highest BCUT2D eigenvalue weighted by molar-refractivity contribution is 5.38. The van der Waals surface area contributed by atoms with Gasteiger partial charge in [-0.05, 0) is 24.6 Å². The van der Waals surface area contributed by atoms with Gasteiger partial charge in [0.25, 0.3) is 5.88 Å². The van der Waals surface area contributed by atoms with E-state index >= 15 is 0 Å². The molecular weight excluding hydrogens is 278 g/mol. The van der Waals surface area contributed by atoms with E-state index in [4.69, 9.17) is 10.00 Å². The van der Waals surface area contributed by atoms with Crippen LogP contribution in [0.1, 0.15) is 18.9 Å². The Bertz CT molecular complexity index is 685. The van der Waals surface area contributed by atoms with E-state index in [1.807, 2.05) is 6.92 Å². The predicted octanol–water partition coefficient (Wildman–Crippen LogP) is 3.24. The summed E-state index contributed by atoms with van der Waals surface area (Å²) < 4.78 is 32.4. The average Bonchev–Trinajstić information content (AvgIpc) is 2.49. The van der Waals surface area contributed by atoms with Gasteiger partial charge < -0.3 is 10.1 Å². The first-order valence-corrected chi connectivity index (χ1v) is 6.28. The summed E-state index contributed by atoms with van der Waals surface area (Å²) in [5.74, 6) is -1.97. The van der Waals surface area contributed by atoms with Crippen molar-refractivity contribution in [3.05, 3.63) is 41.6 Å². The Hall–Kier alpha value is -2.75. The largest absolute Gasteiger partial charge is 0.433 e. The minimum Gasteiger partial charge on any atom is -0.433 e. The third-order valence-electron chi connectivity index (χ3n) is 2.51. The first-order valence-electron chi connectivity index (χ1n) is 6.28. The summed E-state index contributed by atoms with van der Waals surface area (Å²) in [6, 6.07) is 5.42. The monoisotopic (exact) mass is 290 g/mol. The van der Waals surface area contributed by atoms with Gasteiger partial charge >= 0.3 is 0 Å². The van der Waals surface area contributed by atoms with Crippen LogP contribution >= 0.6 is 0 Å². The normalized spacial score (nSPS) is 10.0. The number of anilines is 1. The van der Waals surface area contributed by atoms with Gasteiger partial charge in [-0.15, -0.1) is 0 Å². The molecule has 0 amide bonds. The van der Waals surface area contributed by atoms with Gasteiger partial charge in [-0.1, -0.05) is 6.92 Å². The van der Waals surface area contributed by atoms with Crippen molar-refractivity contribution in [3.63, 3.8) is 0 Å². The fourth-order valence-electron chi connectivity index (χ4n) is 1.50. The lowest BCUT2D eigenvalue weighted by atomic mass is 10.2. The van der Waals surface area contributed by atoms with Gasteiger partial charge in [0.2, 0.25) is 11.8 Å². The van der Waals surface area contributed by atoms with Gasteiger partial charge in [0.1, 0.15) is 0 Å². The van der Waals surface area contributed by atoms with Crippen LogP contribution in [0.5, 0.6) is 11.6 Å². The Labute approximate surface area is 120 Å². The highest BCUT2D eigenvalue weighted by Crippen LogP contribution is 2.26. The molecule has 0 fully saturated rings. The van der Waals surface area contributed by atoms with Crippen molar-refractivity contribution in [2.24, 2.45) is 0 Å². The van der Waals surface area contributed by atoms with Crippen LogP contribution in [0, 0.1) is 23.0 Å². The zero-order valence-electron chi connectivity index (χ0n) is 11.2. The van der Waals surface area contributed by atoms with Crippen molar-refractivity contribution in [2.75, 3.05) is 11.9 Å². The molecule has 0 aliphatic heterocycles. The lowest BCUT2D eigenvalue weighted by Crippen LogP contribution is -2.06. The van der Waals surface area contributed by atoms with Crippen LogP contribution in [0.3, 0.4) is 0 Å². The van der Waals surface area contributed by atoms with Crippen molar-refractivity contribution in [1.29, 1.82) is 5.26 Å². The highest BCUT2D eigenvalue weighted by atomic mass is 19.1. The van der Waals surface area contributed by atoms with E-state index in [1.165, 1.54) is 12.1 Å². The maximum absolute atomic E-state index is 13.7. The van der Waals surface area contributed by atoms with Gasteiger partial charge in [0, 0.05) is 6.54 Å². The van der Waals surface area contributed by atoms with Crippen molar-refractivity contribution in [2.45, 2.75) is 13.3 Å². The Morgan fingerprint density at radius 1 is 1.33 bits per heavy atom. The minimum absolute atomic E-state index is 0.147. The fourth-order valence-corrected chi connectivity index (χ4v) is 1.50. The number of benzene rings is 1. The Morgan fingerprint density at radius 2 is 2.14 bits per heavy atom. The van der Waals surface area contributed by atoms with E-state index in [2.05, 4.69) is 15.3 Å². The maximum Gasteiger partial charge on any atom is 0.260 e. The van der Waals surface area contributed by atoms with Crippen molar-refractivity contribution in [1.82, 2.24) is 9.97 Å². The van der Waals surface area contributed by atoms with E-state index in [0.29, 0.717) is 6.54 Å². The standard InChI is InChI=1S/C14H12F2N4O/c1-2-5-18-14-19-8-11(16)13(20-14)21-12-4-3-9(7-17)6-10(12)15/h3-4,6,8H,2,5H2,1H3,(H,18,19,20). The minimum atomic E-state index is -0.805. The number of nitrogens with zero attached hydrogens (tertiary/aromatic N) is 3. The molecule has 0 aliphatic rings. The van der Waals surface area contributed by atoms with Gasteiger partial charge in [-0.3, -0.25) is 0 Å². The number of rotatable bonds is 5. The zero-order chi connectivity index (χ0) is 15.2. The number of aromatic nitrogens is 2. The average molecular weight is 290 g/mol. The van der Waals surface area contributed by atoms with Crippen LogP contribution in [0.15, 0.2) is 24.4 Å². The summed E-state index contributed by atoms with van der Waals surface area (Å²) in [5, 5.41) is 11.5. The molecular formula is C14H12F2N4O. The van der Waals surface area contributed by atoms with E-state index in [-0.39, 0.29) is 23.1 Å². The molecule has 108 valence electrons. The van der Waals surface area contributed by atoms with E-state index < -0.39 is 11.6 Å². The lowest BCUT2D eigenvalue weighted by Gasteiger charge is -2.08. The van der Waals surface area contributed by atoms with Crippen LogP contribution in [0.2, 0.25) is 0 Å². The second-order valence-corrected chi connectivity index (χ2v) is 4.13. The summed E-state index contributed by atoms with van der Waals surface area (Å²) in [6.07, 6.45) is 1.79. The second kappa shape index (κ2) is 6.61. The molecule has 0 spiro atoms. The molecule has 0 saturated heterocycles. The summed E-state index contributed by atoms with van der Waals surface area (Å²) >= 11 is 0. The second-order valence-electron chi connectivity index (χ2n) is 4.13. The van der Waals surface area contributed by atoms with Gasteiger partial charge in [0.15, 0.2) is 11.6 Å². The molecule has 2 rings (SSSR count). The van der Waals surface area contributed by atoms with Crippen LogP contribution < -0.4 is 10.1 Å². The Kier molecular flexibility index (Phi) is 4.61. The van der Waals surface area contributed by atoms with Crippen LogP contribution in [-0.2, 0) is 0 Å². The number of ether oxygens (including phenoxy) is 1. The summed E-state index contributed by atoms with van der Waals surface area (Å²) in [4.78, 5) is 7.59. The molecule has 0 radical (unpaired) electrons. The molecule has 5 nitrogen and oxygen atoms in total. The first-order chi connectivity index (χ1) is 10.1. The molecule has 1 aromatic carbocycles. The molecule has 0 bridgehead atoms. The molecule has 0 unspecified atom stereocenters. The van der Waals surface area contributed by atoms with E-state index in [0.717, 1.165) is 18.7 Å². The number of halogens is 2. The van der Waals surface area contributed by atoms with Crippen molar-refractivity contribution >= 4 is 5.95 Å². The SMILES string of the molecule is CCCNc1ncc(F)c(Oc2ccc(C#N)cc2F)n1. The topological polar surface area (TPSA) is 70.8 Å². The molecule has 0 saturated carbocycles. The smallest absolute Gasteiger partial charge is 0.260 e. The molecule has 7 heteroatoms. The molecule has 1 N–H and O–H groups in total. The Morgan fingerprint density at radius 3 is 2.81 bits per heavy atom. The zero-order valence-corrected chi connectivity index (χ0v) is 11.2. The molecule has 21 heavy (non-hydrogen) atoms. The summed E-state index contributed by atoms with van der Waals surface area (Å²) in [7, 11) is 0. The van der Waals surface area contributed by atoms with Crippen molar-refractivity contribution < 1.29 is 13.5 Å². The fraction of sp³-hybridized carbons (Fsp3) is 0.214. The lowest BCUT2D eigenvalue weighted by molar-refractivity contribution is 0.397. The van der Waals surface area contributed by atoms with Crippen LogP contribution in [0.25, 0.3) is 0 Å². The van der Waals surface area contributed by atoms with E-state index in [1.54, 1.807) is 6.07 Å². The number of nitrogens with one attached hydrogen (secondary N) is 1. The third-order valence-corrected chi connectivity index (χ3v) is 2.51. The van der Waals surface area contributed by atoms with Gasteiger partial charge in [-0.2, -0.15) is 14.6 Å². The van der Waals surface area contributed by atoms with Gasteiger partial charge in [0.05, 0.1) is 17.8 Å². The maximum atomic E-state index is 13.7.